The van der Waals surface area contributed by atoms with Crippen molar-refractivity contribution in [1.82, 2.24) is 29.8 Å². The first-order valence-electron chi connectivity index (χ1n) is 13.1. The van der Waals surface area contributed by atoms with Crippen LogP contribution in [0, 0.1) is 11.8 Å². The fourth-order valence-corrected chi connectivity index (χ4v) is 4.81. The van der Waals surface area contributed by atoms with Gasteiger partial charge in [-0.05, 0) is 46.6 Å². The molecule has 38 heavy (non-hydrogen) atoms. The van der Waals surface area contributed by atoms with Gasteiger partial charge in [-0.2, -0.15) is 5.21 Å². The smallest absolute Gasteiger partial charge is 0.329 e. The predicted molar refractivity (Wildman–Crippen MR) is 148 cm³/mol. The molecule has 4 aromatic rings. The van der Waals surface area contributed by atoms with Crippen LogP contribution >= 0.6 is 0 Å². The highest BCUT2D eigenvalue weighted by Gasteiger charge is 2.27. The van der Waals surface area contributed by atoms with E-state index in [1.165, 1.54) is 0 Å². The normalized spacial score (nSPS) is 11.8. The molecule has 2 aromatic heterocycles. The molecule has 0 radical (unpaired) electrons. The average Bonchev–Trinajstić information content (AvgIpc) is 3.53. The monoisotopic (exact) mass is 518 g/mol. The fraction of sp³-hybridized carbons (Fsp3) is 0.448. The van der Waals surface area contributed by atoms with Gasteiger partial charge in [-0.3, -0.25) is 9.13 Å². The summed E-state index contributed by atoms with van der Waals surface area (Å²) in [5, 5.41) is 14.5. The van der Waals surface area contributed by atoms with Gasteiger partial charge in [0.25, 0.3) is 0 Å². The Morgan fingerprint density at radius 3 is 2.16 bits per heavy atom. The number of benzene rings is 2. The Labute approximate surface area is 223 Å². The number of H-pyrrole nitrogens is 1. The number of hydrogen-bond donors (Lipinski definition) is 1. The zero-order chi connectivity index (χ0) is 27.2. The Morgan fingerprint density at radius 1 is 0.895 bits per heavy atom. The molecule has 0 saturated carbocycles. The van der Waals surface area contributed by atoms with Gasteiger partial charge < -0.3 is 9.47 Å². The molecule has 0 atom stereocenters. The lowest BCUT2D eigenvalue weighted by molar-refractivity contribution is -0.111. The van der Waals surface area contributed by atoms with Crippen molar-refractivity contribution < 1.29 is 9.47 Å². The van der Waals surface area contributed by atoms with E-state index >= 15 is 0 Å². The van der Waals surface area contributed by atoms with Crippen molar-refractivity contribution in [2.24, 2.45) is 11.8 Å². The fourth-order valence-electron chi connectivity index (χ4n) is 4.81. The molecule has 0 saturated heterocycles. The number of methoxy groups -OCH3 is 2. The second kappa shape index (κ2) is 12.3. The van der Waals surface area contributed by atoms with E-state index in [0.717, 1.165) is 46.5 Å². The Bertz CT molecular complexity index is 1370. The van der Waals surface area contributed by atoms with Gasteiger partial charge in [0.1, 0.15) is 0 Å². The first kappa shape index (κ1) is 27.5. The average molecular weight is 519 g/mol. The maximum Gasteiger partial charge on any atom is 0.329 e. The van der Waals surface area contributed by atoms with Gasteiger partial charge in [0.2, 0.25) is 5.82 Å². The summed E-state index contributed by atoms with van der Waals surface area (Å²) in [6, 6.07) is 16.3. The minimum Gasteiger partial charge on any atom is -0.350 e. The van der Waals surface area contributed by atoms with E-state index in [1.54, 1.807) is 14.2 Å². The highest BCUT2D eigenvalue weighted by Crippen LogP contribution is 2.30. The highest BCUT2D eigenvalue weighted by molar-refractivity contribution is 5.80. The van der Waals surface area contributed by atoms with E-state index in [4.69, 9.17) is 9.47 Å². The van der Waals surface area contributed by atoms with Gasteiger partial charge in [0.15, 0.2) is 6.29 Å². The molecule has 4 rings (SSSR count). The number of ether oxygens (including phenoxy) is 2. The molecule has 2 aromatic carbocycles. The van der Waals surface area contributed by atoms with Crippen LogP contribution in [0.15, 0.2) is 53.3 Å². The van der Waals surface area contributed by atoms with Crippen LogP contribution in [-0.4, -0.2) is 44.0 Å². The van der Waals surface area contributed by atoms with Gasteiger partial charge in [0.05, 0.1) is 12.2 Å². The van der Waals surface area contributed by atoms with Crippen molar-refractivity contribution in [3.63, 3.8) is 0 Å². The van der Waals surface area contributed by atoms with Crippen LogP contribution in [0.2, 0.25) is 0 Å². The molecule has 2 heterocycles. The number of aromatic amines is 1. The number of aromatic nitrogens is 6. The quantitative estimate of drug-likeness (QED) is 0.263. The molecule has 0 aliphatic heterocycles. The summed E-state index contributed by atoms with van der Waals surface area (Å²) >= 11 is 0. The molecule has 9 nitrogen and oxygen atoms in total. The molecule has 0 aliphatic carbocycles. The van der Waals surface area contributed by atoms with Gasteiger partial charge in [-0.25, -0.2) is 4.79 Å². The summed E-state index contributed by atoms with van der Waals surface area (Å²) in [7, 11) is 3.24. The summed E-state index contributed by atoms with van der Waals surface area (Å²) in [6.45, 7) is 9.69. The van der Waals surface area contributed by atoms with Crippen molar-refractivity contribution in [2.75, 3.05) is 14.2 Å². The van der Waals surface area contributed by atoms with Crippen LogP contribution in [0.3, 0.4) is 0 Å². The van der Waals surface area contributed by atoms with Crippen molar-refractivity contribution in [2.45, 2.75) is 59.9 Å². The van der Waals surface area contributed by atoms with Gasteiger partial charge in [0, 0.05) is 32.0 Å². The first-order chi connectivity index (χ1) is 18.3. The van der Waals surface area contributed by atoms with Crippen LogP contribution in [0.4, 0.5) is 0 Å². The molecular weight excluding hydrogens is 480 g/mol. The SMILES string of the molecule is COC(OC)c1c(CCC(C)C)n(Cc2ccc(-c3ccccc3-c3nn[nH]n3)cc2)c(=O)n1CC(C)C. The summed E-state index contributed by atoms with van der Waals surface area (Å²) in [6.07, 6.45) is 1.13. The maximum atomic E-state index is 13.8. The predicted octanol–water partition coefficient (Wildman–Crippen LogP) is 5.08. The zero-order valence-corrected chi connectivity index (χ0v) is 23.1. The third-order valence-corrected chi connectivity index (χ3v) is 6.65. The standard InChI is InChI=1S/C29H38N6O3/c1-19(2)11-16-25-26(28(37-5)38-6)35(17-20(3)4)29(36)34(25)18-21-12-14-22(15-13-21)23-9-7-8-10-24(23)27-30-32-33-31-27/h7-10,12-15,19-20,28H,11,16-18H2,1-6H3,(H,30,31,32,33). The Hall–Kier alpha value is -3.56. The Morgan fingerprint density at radius 2 is 1.58 bits per heavy atom. The topological polar surface area (TPSA) is 99.9 Å². The lowest BCUT2D eigenvalue weighted by Crippen LogP contribution is -2.28. The van der Waals surface area contributed by atoms with Crippen molar-refractivity contribution in [3.8, 4) is 22.5 Å². The molecule has 9 heteroatoms. The lowest BCUT2D eigenvalue weighted by atomic mass is 9.98. The summed E-state index contributed by atoms with van der Waals surface area (Å²) in [5.74, 6) is 1.35. The van der Waals surface area contributed by atoms with Crippen molar-refractivity contribution >= 4 is 0 Å². The Balaban J connectivity index is 1.73. The van der Waals surface area contributed by atoms with E-state index in [2.05, 4.69) is 72.6 Å². The van der Waals surface area contributed by atoms with Crippen LogP contribution in [0.25, 0.3) is 22.5 Å². The molecule has 0 spiro atoms. The molecule has 0 amide bonds. The number of rotatable bonds is 12. The van der Waals surface area contributed by atoms with Crippen LogP contribution in [0.1, 0.15) is 57.4 Å². The van der Waals surface area contributed by atoms with Gasteiger partial charge in [-0.15, -0.1) is 10.2 Å². The molecule has 0 unspecified atom stereocenters. The number of nitrogens with one attached hydrogen (secondary N) is 1. The maximum absolute atomic E-state index is 13.8. The number of nitrogens with zero attached hydrogens (tertiary/aromatic N) is 5. The molecular formula is C29H38N6O3. The molecule has 202 valence electrons. The van der Waals surface area contributed by atoms with Gasteiger partial charge >= 0.3 is 5.69 Å². The first-order valence-corrected chi connectivity index (χ1v) is 13.1. The third kappa shape index (κ3) is 5.95. The summed E-state index contributed by atoms with van der Waals surface area (Å²) in [5.41, 5.74) is 5.77. The van der Waals surface area contributed by atoms with Crippen LogP contribution in [-0.2, 0) is 29.0 Å². The number of hydrogen-bond acceptors (Lipinski definition) is 6. The Kier molecular flexibility index (Phi) is 8.91. The molecule has 0 aliphatic rings. The van der Waals surface area contributed by atoms with E-state index in [0.29, 0.717) is 30.7 Å². The summed E-state index contributed by atoms with van der Waals surface area (Å²) < 4.78 is 15.1. The van der Waals surface area contributed by atoms with E-state index < -0.39 is 6.29 Å². The largest absolute Gasteiger partial charge is 0.350 e. The van der Waals surface area contributed by atoms with Crippen molar-refractivity contribution in [1.29, 1.82) is 0 Å². The molecule has 1 N–H and O–H groups in total. The van der Waals surface area contributed by atoms with E-state index in [1.807, 2.05) is 33.4 Å². The third-order valence-electron chi connectivity index (χ3n) is 6.65. The van der Waals surface area contributed by atoms with Gasteiger partial charge in [-0.1, -0.05) is 76.2 Å². The lowest BCUT2D eigenvalue weighted by Gasteiger charge is -2.19. The van der Waals surface area contributed by atoms with Crippen LogP contribution < -0.4 is 5.69 Å². The molecule has 0 fully saturated rings. The molecule has 0 bridgehead atoms. The van der Waals surface area contributed by atoms with Crippen molar-refractivity contribution in [3.05, 3.63) is 76.0 Å². The number of tetrazole rings is 1. The van der Waals surface area contributed by atoms with E-state index in [9.17, 15) is 4.79 Å². The number of imidazole rings is 1. The second-order valence-electron chi connectivity index (χ2n) is 10.4. The van der Waals surface area contributed by atoms with E-state index in [-0.39, 0.29) is 5.69 Å². The second-order valence-corrected chi connectivity index (χ2v) is 10.4. The zero-order valence-electron chi connectivity index (χ0n) is 23.1. The minimum absolute atomic E-state index is 0.0296. The summed E-state index contributed by atoms with van der Waals surface area (Å²) in [4.78, 5) is 13.8. The van der Waals surface area contributed by atoms with Crippen LogP contribution in [0.5, 0.6) is 0 Å². The highest BCUT2D eigenvalue weighted by atomic mass is 16.7. The minimum atomic E-state index is -0.603.